The highest BCUT2D eigenvalue weighted by atomic mass is 16.3. The Kier molecular flexibility index (Phi) is 4.80. The smallest absolute Gasteiger partial charge is 0.215 e. The molecule has 0 aliphatic carbocycles. The molecular weight excluding hydrogens is 338 g/mol. The maximum absolute atomic E-state index is 9.36. The number of aromatic amines is 1. The first kappa shape index (κ1) is 17.2. The van der Waals surface area contributed by atoms with E-state index >= 15 is 0 Å². The van der Waals surface area contributed by atoms with Crippen molar-refractivity contribution in [3.8, 4) is 0 Å². The lowest BCUT2D eigenvalue weighted by atomic mass is 10.2. The highest BCUT2D eigenvalue weighted by Crippen LogP contribution is 2.31. The summed E-state index contributed by atoms with van der Waals surface area (Å²) in [6, 6.07) is 20.2. The number of hydrogen-bond donors (Lipinski definition) is 2. The van der Waals surface area contributed by atoms with Crippen LogP contribution < -0.4 is 4.68 Å². The number of fused-ring (bicyclic) bond motifs is 1. The van der Waals surface area contributed by atoms with E-state index in [9.17, 15) is 5.11 Å². The van der Waals surface area contributed by atoms with E-state index in [1.807, 2.05) is 71.0 Å². The van der Waals surface area contributed by atoms with Crippen LogP contribution in [-0.2, 0) is 13.1 Å². The first-order valence-corrected chi connectivity index (χ1v) is 8.99. The van der Waals surface area contributed by atoms with Gasteiger partial charge in [0.25, 0.3) is 0 Å². The van der Waals surface area contributed by atoms with Crippen molar-refractivity contribution in [3.05, 3.63) is 78.1 Å². The van der Waals surface area contributed by atoms with Crippen LogP contribution in [0.5, 0.6) is 0 Å². The molecule has 136 valence electrons. The van der Waals surface area contributed by atoms with Crippen molar-refractivity contribution in [1.82, 2.24) is 9.67 Å². The fourth-order valence-corrected chi connectivity index (χ4v) is 3.25. The second-order valence-electron chi connectivity index (χ2n) is 6.45. The van der Waals surface area contributed by atoms with Gasteiger partial charge in [0.2, 0.25) is 5.82 Å². The van der Waals surface area contributed by atoms with Gasteiger partial charge in [0.1, 0.15) is 18.8 Å². The van der Waals surface area contributed by atoms with Crippen molar-refractivity contribution in [3.63, 3.8) is 0 Å². The molecule has 0 radical (unpaired) electrons. The van der Waals surface area contributed by atoms with Crippen molar-refractivity contribution >= 4 is 22.4 Å². The van der Waals surface area contributed by atoms with Crippen LogP contribution in [0.1, 0.15) is 11.3 Å². The van der Waals surface area contributed by atoms with E-state index in [0.717, 1.165) is 28.1 Å². The number of hydrogen-bond acceptors (Lipinski definition) is 3. The molecule has 2 aromatic heterocycles. The van der Waals surface area contributed by atoms with Gasteiger partial charge in [0.15, 0.2) is 12.7 Å². The lowest BCUT2D eigenvalue weighted by Crippen LogP contribution is -2.44. The molecule has 0 unspecified atom stereocenters. The predicted octanol–water partition coefficient (Wildman–Crippen LogP) is 4.02. The van der Waals surface area contributed by atoms with Crippen LogP contribution in [0, 0.1) is 6.92 Å². The summed E-state index contributed by atoms with van der Waals surface area (Å²) in [6.45, 7) is 3.24. The molecule has 4 aromatic rings. The Labute approximate surface area is 157 Å². The van der Waals surface area contributed by atoms with Crippen molar-refractivity contribution in [1.29, 1.82) is 0 Å². The fraction of sp³-hybridized carbons (Fsp3) is 0.190. The van der Waals surface area contributed by atoms with Crippen molar-refractivity contribution in [2.24, 2.45) is 10.2 Å². The molecule has 0 saturated heterocycles. The third-order valence-corrected chi connectivity index (χ3v) is 4.59. The highest BCUT2D eigenvalue weighted by molar-refractivity contribution is 5.92. The van der Waals surface area contributed by atoms with Gasteiger partial charge in [-0.1, -0.05) is 48.5 Å². The number of H-pyrrole nitrogens is 1. The average Bonchev–Trinajstić information content (AvgIpc) is 3.21. The molecule has 6 heteroatoms. The summed E-state index contributed by atoms with van der Waals surface area (Å²) in [6.07, 6.45) is 1.93. The number of aryl methyl sites for hydroxylation is 1. The Hall–Kier alpha value is -3.25. The van der Waals surface area contributed by atoms with Gasteiger partial charge in [-0.05, 0) is 18.6 Å². The number of benzene rings is 2. The van der Waals surface area contributed by atoms with Crippen molar-refractivity contribution in [2.45, 2.75) is 20.0 Å². The normalized spacial score (nSPS) is 11.6. The Balaban J connectivity index is 1.71. The molecular formula is C21H22N5O+. The molecule has 0 amide bonds. The van der Waals surface area contributed by atoms with Gasteiger partial charge in [-0.25, -0.2) is 0 Å². The van der Waals surface area contributed by atoms with E-state index in [1.54, 1.807) is 0 Å². The number of aliphatic hydroxyl groups excluding tert-OH is 1. The third kappa shape index (κ3) is 3.52. The predicted molar refractivity (Wildman–Crippen MR) is 104 cm³/mol. The van der Waals surface area contributed by atoms with Crippen LogP contribution >= 0.6 is 0 Å². The summed E-state index contributed by atoms with van der Waals surface area (Å²) < 4.78 is 3.99. The lowest BCUT2D eigenvalue weighted by molar-refractivity contribution is -0.774. The van der Waals surface area contributed by atoms with E-state index in [0.29, 0.717) is 13.1 Å². The van der Waals surface area contributed by atoms with Crippen LogP contribution in [0.2, 0.25) is 0 Å². The number of nitrogens with zero attached hydrogens (tertiary/aromatic N) is 4. The second-order valence-corrected chi connectivity index (χ2v) is 6.45. The van der Waals surface area contributed by atoms with E-state index in [4.69, 9.17) is 0 Å². The quantitative estimate of drug-likeness (QED) is 0.396. The first-order valence-electron chi connectivity index (χ1n) is 8.99. The number of para-hydroxylation sites is 1. The average molecular weight is 360 g/mol. The molecule has 0 spiro atoms. The van der Waals surface area contributed by atoms with E-state index in [-0.39, 0.29) is 6.61 Å². The lowest BCUT2D eigenvalue weighted by Gasteiger charge is -2.04. The zero-order chi connectivity index (χ0) is 18.6. The van der Waals surface area contributed by atoms with Gasteiger partial charge in [-0.2, -0.15) is 0 Å². The highest BCUT2D eigenvalue weighted by Gasteiger charge is 2.15. The molecule has 0 aliphatic heterocycles. The Morgan fingerprint density at radius 2 is 1.78 bits per heavy atom. The Bertz CT molecular complexity index is 1080. The minimum Gasteiger partial charge on any atom is -0.390 e. The van der Waals surface area contributed by atoms with Gasteiger partial charge in [0.05, 0.1) is 6.07 Å². The molecule has 0 atom stereocenters. The summed E-state index contributed by atoms with van der Waals surface area (Å²) in [4.78, 5) is 3.34. The maximum atomic E-state index is 9.36. The molecule has 0 fully saturated rings. The summed E-state index contributed by atoms with van der Waals surface area (Å²) in [5, 5.41) is 19.5. The van der Waals surface area contributed by atoms with Crippen molar-refractivity contribution in [2.75, 3.05) is 6.61 Å². The fourth-order valence-electron chi connectivity index (χ4n) is 3.25. The first-order chi connectivity index (χ1) is 13.3. The molecule has 2 N–H and O–H groups in total. The van der Waals surface area contributed by atoms with Crippen LogP contribution in [0.3, 0.4) is 0 Å². The van der Waals surface area contributed by atoms with E-state index < -0.39 is 0 Å². The van der Waals surface area contributed by atoms with E-state index in [2.05, 4.69) is 27.3 Å². The summed E-state index contributed by atoms with van der Waals surface area (Å²) >= 11 is 0. The van der Waals surface area contributed by atoms with E-state index in [1.165, 1.54) is 5.56 Å². The standard InChI is InChI=1S/C21H21N5O/c1-16-21(18-9-5-6-10-19(18)22-16)24-23-20-11-12-25(13-14-27)26(20)15-17-7-3-2-4-8-17/h2-12,27H,13-15H2,1H3/p+1. The minimum atomic E-state index is 0.0710. The summed E-state index contributed by atoms with van der Waals surface area (Å²) in [5.41, 5.74) is 4.06. The SMILES string of the molecule is Cc1[nH]c2ccccc2c1N=Nc1cc[n+](CCO)n1Cc1ccccc1. The van der Waals surface area contributed by atoms with Crippen LogP contribution in [0.4, 0.5) is 11.5 Å². The van der Waals surface area contributed by atoms with Crippen LogP contribution in [0.15, 0.2) is 77.1 Å². The van der Waals surface area contributed by atoms with Gasteiger partial charge < -0.3 is 10.1 Å². The monoisotopic (exact) mass is 360 g/mol. The molecule has 0 saturated carbocycles. The number of rotatable bonds is 6. The molecule has 2 aromatic carbocycles. The van der Waals surface area contributed by atoms with Crippen molar-refractivity contribution < 1.29 is 9.79 Å². The van der Waals surface area contributed by atoms with Crippen LogP contribution in [-0.4, -0.2) is 21.4 Å². The Morgan fingerprint density at radius 1 is 1.00 bits per heavy atom. The maximum Gasteiger partial charge on any atom is 0.215 e. The molecule has 0 bridgehead atoms. The summed E-state index contributed by atoms with van der Waals surface area (Å²) in [7, 11) is 0. The molecule has 2 heterocycles. The van der Waals surface area contributed by atoms with Gasteiger partial charge in [0, 0.05) is 16.6 Å². The van der Waals surface area contributed by atoms with Crippen LogP contribution in [0.25, 0.3) is 10.9 Å². The zero-order valence-electron chi connectivity index (χ0n) is 15.2. The Morgan fingerprint density at radius 3 is 2.59 bits per heavy atom. The number of azo groups is 1. The minimum absolute atomic E-state index is 0.0710. The molecule has 6 nitrogen and oxygen atoms in total. The molecule has 4 rings (SSSR count). The third-order valence-electron chi connectivity index (χ3n) is 4.59. The zero-order valence-corrected chi connectivity index (χ0v) is 15.2. The molecule has 0 aliphatic rings. The van der Waals surface area contributed by atoms with Gasteiger partial charge >= 0.3 is 0 Å². The molecule has 27 heavy (non-hydrogen) atoms. The topological polar surface area (TPSA) is 69.6 Å². The second kappa shape index (κ2) is 7.55. The summed E-state index contributed by atoms with van der Waals surface area (Å²) in [5.74, 6) is 0.747. The van der Waals surface area contributed by atoms with Gasteiger partial charge in [-0.3, -0.25) is 0 Å². The number of aromatic nitrogens is 3. The number of aliphatic hydroxyl groups is 1. The number of nitrogens with one attached hydrogen (secondary N) is 1. The van der Waals surface area contributed by atoms with Gasteiger partial charge in [-0.15, -0.1) is 19.6 Å². The largest absolute Gasteiger partial charge is 0.390 e.